The smallest absolute Gasteiger partial charge is 0.0702 e. The molecule has 1 aromatic heterocycles. The van der Waals surface area contributed by atoms with Crippen LogP contribution in [0.25, 0.3) is 44.6 Å². The molecule has 6 rings (SSSR count). The van der Waals surface area contributed by atoms with Crippen molar-refractivity contribution in [3.05, 3.63) is 163 Å². The van der Waals surface area contributed by atoms with Crippen LogP contribution in [0.3, 0.4) is 0 Å². The summed E-state index contributed by atoms with van der Waals surface area (Å²) in [4.78, 5) is 4.55. The van der Waals surface area contributed by atoms with Gasteiger partial charge in [0.05, 0.1) is 5.69 Å². The maximum atomic E-state index is 4.55. The van der Waals surface area contributed by atoms with Crippen molar-refractivity contribution in [2.24, 2.45) is 0 Å². The van der Waals surface area contributed by atoms with E-state index in [1.54, 1.807) is 0 Å². The minimum absolute atomic E-state index is 0.0575. The van der Waals surface area contributed by atoms with Crippen LogP contribution in [-0.2, 0) is 5.41 Å². The molecule has 0 N–H and O–H groups in total. The Kier molecular flexibility index (Phi) is 9.66. The predicted molar refractivity (Wildman–Crippen MR) is 192 cm³/mol. The van der Waals surface area contributed by atoms with Crippen molar-refractivity contribution in [1.29, 1.82) is 0 Å². The van der Waals surface area contributed by atoms with Crippen molar-refractivity contribution in [1.82, 2.24) is 4.98 Å². The van der Waals surface area contributed by atoms with E-state index in [0.717, 1.165) is 11.3 Å². The lowest BCUT2D eigenvalue weighted by Crippen LogP contribution is -2.28. The summed E-state index contributed by atoms with van der Waals surface area (Å²) in [5, 5.41) is 0. The molecule has 0 aliphatic carbocycles. The van der Waals surface area contributed by atoms with Gasteiger partial charge >= 0.3 is 0 Å². The summed E-state index contributed by atoms with van der Waals surface area (Å²) in [6.07, 6.45) is 9.10. The first-order valence-corrected chi connectivity index (χ1v) is 16.6. The summed E-state index contributed by atoms with van der Waals surface area (Å²) in [6.45, 7) is 4.61. The van der Waals surface area contributed by atoms with Crippen LogP contribution in [0, 0.1) is 0 Å². The molecule has 1 heterocycles. The van der Waals surface area contributed by atoms with E-state index < -0.39 is 0 Å². The van der Waals surface area contributed by atoms with Gasteiger partial charge in [0.15, 0.2) is 0 Å². The van der Waals surface area contributed by atoms with Gasteiger partial charge < -0.3 is 0 Å². The number of aromatic nitrogens is 1. The fourth-order valence-electron chi connectivity index (χ4n) is 6.71. The van der Waals surface area contributed by atoms with Gasteiger partial charge in [0.25, 0.3) is 0 Å². The third kappa shape index (κ3) is 6.84. The fourth-order valence-corrected chi connectivity index (χ4v) is 6.71. The maximum Gasteiger partial charge on any atom is 0.0702 e. The number of rotatable bonds is 12. The Balaban J connectivity index is 1.30. The lowest BCUT2D eigenvalue weighted by Gasteiger charge is -2.36. The first-order chi connectivity index (χ1) is 22.2. The van der Waals surface area contributed by atoms with Crippen LogP contribution in [0.15, 0.2) is 152 Å². The minimum Gasteiger partial charge on any atom is -0.256 e. The highest BCUT2D eigenvalue weighted by atomic mass is 14.7. The highest BCUT2D eigenvalue weighted by Crippen LogP contribution is 2.42. The van der Waals surface area contributed by atoms with Crippen LogP contribution < -0.4 is 0 Å². The van der Waals surface area contributed by atoms with Gasteiger partial charge in [-0.2, -0.15) is 0 Å². The number of benzene rings is 5. The molecule has 0 amide bonds. The quantitative estimate of drug-likeness (QED) is 0.139. The molecule has 0 saturated carbocycles. The van der Waals surface area contributed by atoms with E-state index in [1.165, 1.54) is 83.0 Å². The molecule has 45 heavy (non-hydrogen) atoms. The second-order valence-electron chi connectivity index (χ2n) is 12.2. The summed E-state index contributed by atoms with van der Waals surface area (Å²) in [5.41, 5.74) is 12.4. The van der Waals surface area contributed by atoms with Crippen molar-refractivity contribution in [2.45, 2.75) is 57.8 Å². The normalized spacial score (nSPS) is 11.4. The Hall–Kier alpha value is -4.75. The van der Waals surface area contributed by atoms with Gasteiger partial charge in [-0.05, 0) is 87.7 Å². The average Bonchev–Trinajstić information content (AvgIpc) is 3.13. The van der Waals surface area contributed by atoms with E-state index in [1.807, 2.05) is 18.3 Å². The van der Waals surface area contributed by atoms with Crippen LogP contribution in [0.2, 0.25) is 0 Å². The molecule has 0 radical (unpaired) electrons. The van der Waals surface area contributed by atoms with Gasteiger partial charge in [-0.15, -0.1) is 0 Å². The van der Waals surface area contributed by atoms with Crippen molar-refractivity contribution in [2.75, 3.05) is 0 Å². The van der Waals surface area contributed by atoms with E-state index >= 15 is 0 Å². The van der Waals surface area contributed by atoms with Crippen LogP contribution in [0.1, 0.15) is 63.5 Å². The third-order valence-corrected chi connectivity index (χ3v) is 9.23. The van der Waals surface area contributed by atoms with Gasteiger partial charge in [0.1, 0.15) is 0 Å². The topological polar surface area (TPSA) is 12.9 Å². The highest BCUT2D eigenvalue weighted by Gasteiger charge is 2.33. The van der Waals surface area contributed by atoms with Crippen molar-refractivity contribution in [3.8, 4) is 44.6 Å². The first kappa shape index (κ1) is 30.3. The highest BCUT2D eigenvalue weighted by molar-refractivity contribution is 5.78. The average molecular weight is 586 g/mol. The van der Waals surface area contributed by atoms with Crippen LogP contribution >= 0.6 is 0 Å². The molecular weight excluding hydrogens is 542 g/mol. The zero-order valence-corrected chi connectivity index (χ0v) is 26.6. The summed E-state index contributed by atoms with van der Waals surface area (Å²) in [6, 6.07) is 53.2. The molecule has 0 atom stereocenters. The van der Waals surface area contributed by atoms with Crippen LogP contribution in [-0.4, -0.2) is 4.98 Å². The molecule has 0 spiro atoms. The summed E-state index contributed by atoms with van der Waals surface area (Å²) in [7, 11) is 0. The molecule has 5 aromatic carbocycles. The van der Waals surface area contributed by atoms with Crippen molar-refractivity contribution < 1.29 is 0 Å². The molecule has 0 aliphatic heterocycles. The second kappa shape index (κ2) is 14.4. The molecule has 1 heteroatoms. The predicted octanol–water partition coefficient (Wildman–Crippen LogP) is 12.4. The molecule has 6 aromatic rings. The Morgan fingerprint density at radius 2 is 0.889 bits per heavy atom. The number of nitrogens with zero attached hydrogens (tertiary/aromatic N) is 1. The molecule has 0 saturated heterocycles. The molecule has 0 unspecified atom stereocenters. The molecular formula is C44H43N. The number of hydrogen-bond acceptors (Lipinski definition) is 1. The molecule has 224 valence electrons. The van der Waals surface area contributed by atoms with Gasteiger partial charge in [-0.1, -0.05) is 155 Å². The number of pyridine rings is 1. The van der Waals surface area contributed by atoms with Gasteiger partial charge in [-0.25, -0.2) is 0 Å². The SMILES string of the molecule is CCCCC(CCCC)(c1ccccc1)c1ccc(-c2cccc(-c3cccc(-c4cccc(-c5ccccn5)c4)c3)c2)cc1. The summed E-state index contributed by atoms with van der Waals surface area (Å²) in [5.74, 6) is 0. The maximum absolute atomic E-state index is 4.55. The lowest BCUT2D eigenvalue weighted by molar-refractivity contribution is 0.406. The summed E-state index contributed by atoms with van der Waals surface area (Å²) < 4.78 is 0. The molecule has 1 nitrogen and oxygen atoms in total. The minimum atomic E-state index is 0.0575. The van der Waals surface area contributed by atoms with Gasteiger partial charge in [0, 0.05) is 17.2 Å². The Labute approximate surface area is 269 Å². The monoisotopic (exact) mass is 585 g/mol. The second-order valence-corrected chi connectivity index (χ2v) is 12.2. The molecule has 0 aliphatic rings. The van der Waals surface area contributed by atoms with Crippen LogP contribution in [0.5, 0.6) is 0 Å². The van der Waals surface area contributed by atoms with Crippen LogP contribution in [0.4, 0.5) is 0 Å². The molecule has 0 fully saturated rings. The van der Waals surface area contributed by atoms with E-state index in [2.05, 4.69) is 152 Å². The largest absolute Gasteiger partial charge is 0.256 e. The Bertz CT molecular complexity index is 1790. The van der Waals surface area contributed by atoms with Crippen molar-refractivity contribution >= 4 is 0 Å². The van der Waals surface area contributed by atoms with Crippen molar-refractivity contribution in [3.63, 3.8) is 0 Å². The zero-order valence-electron chi connectivity index (χ0n) is 26.6. The van der Waals surface area contributed by atoms with E-state index in [-0.39, 0.29) is 5.41 Å². The van der Waals surface area contributed by atoms with Gasteiger partial charge in [0.2, 0.25) is 0 Å². The third-order valence-electron chi connectivity index (χ3n) is 9.23. The lowest BCUT2D eigenvalue weighted by atomic mass is 9.68. The zero-order chi connectivity index (χ0) is 30.9. The van der Waals surface area contributed by atoms with E-state index in [4.69, 9.17) is 0 Å². The van der Waals surface area contributed by atoms with E-state index in [9.17, 15) is 0 Å². The standard InChI is InChI=1S/C44H43N/c1-3-5-28-44(29-6-4-2,41-21-8-7-9-22-41)42-26-24-34(25-27-42)35-15-12-16-36(31-35)37-17-13-18-38(32-37)39-19-14-20-40(33-39)43-23-10-11-30-45-43/h7-27,30-33H,3-6,28-29H2,1-2H3. The number of hydrogen-bond donors (Lipinski definition) is 0. The Morgan fingerprint density at radius 1 is 0.422 bits per heavy atom. The van der Waals surface area contributed by atoms with E-state index in [0.29, 0.717) is 0 Å². The van der Waals surface area contributed by atoms with Gasteiger partial charge in [-0.3, -0.25) is 4.98 Å². The molecule has 0 bridgehead atoms. The summed E-state index contributed by atoms with van der Waals surface area (Å²) >= 11 is 0. The number of unbranched alkanes of at least 4 members (excludes halogenated alkanes) is 2. The Morgan fingerprint density at radius 3 is 1.40 bits per heavy atom. The first-order valence-electron chi connectivity index (χ1n) is 16.6. The fraction of sp³-hybridized carbons (Fsp3) is 0.205.